The van der Waals surface area contributed by atoms with Crippen LogP contribution in [0.4, 0.5) is 13.2 Å². The molecule has 5 nitrogen and oxygen atoms in total. The van der Waals surface area contributed by atoms with Crippen LogP contribution >= 0.6 is 0 Å². The molecule has 0 heterocycles. The zero-order valence-electron chi connectivity index (χ0n) is 6.91. The second kappa shape index (κ2) is 5.15. The summed E-state index contributed by atoms with van der Waals surface area (Å²) in [6.45, 7) is -0.807. The van der Waals surface area contributed by atoms with Gasteiger partial charge in [-0.1, -0.05) is 0 Å². The van der Waals surface area contributed by atoms with E-state index in [2.05, 4.69) is 8.92 Å². The van der Waals surface area contributed by atoms with Gasteiger partial charge in [0, 0.05) is 0 Å². The molecule has 0 saturated carbocycles. The Kier molecular flexibility index (Phi) is 4.85. The zero-order chi connectivity index (χ0) is 11.4. The van der Waals surface area contributed by atoms with Crippen molar-refractivity contribution in [1.82, 2.24) is 0 Å². The average Bonchev–Trinajstić information content (AvgIpc) is 1.97. The first-order valence-corrected chi connectivity index (χ1v) is 4.36. The Labute approximate surface area is 79.0 Å². The Balaban J connectivity index is 3.97. The molecule has 0 aromatic carbocycles. The number of esters is 1. The predicted octanol–water partition coefficient (Wildman–Crippen LogP) is 0.0234. The third-order valence-corrected chi connectivity index (χ3v) is 1.44. The summed E-state index contributed by atoms with van der Waals surface area (Å²) >= 11 is 0. The number of halogens is 3. The van der Waals surface area contributed by atoms with Crippen LogP contribution in [-0.2, 0) is 24.7 Å². The van der Waals surface area contributed by atoms with Crippen molar-refractivity contribution in [2.24, 2.45) is 0 Å². The smallest absolute Gasteiger partial charge is 0.422 e. The summed E-state index contributed by atoms with van der Waals surface area (Å²) in [6, 6.07) is 0. The van der Waals surface area contributed by atoms with Crippen molar-refractivity contribution in [1.29, 1.82) is 0 Å². The Hall–Kier alpha value is -0.830. The van der Waals surface area contributed by atoms with Crippen LogP contribution in [0.2, 0.25) is 0 Å². The second-order valence-electron chi connectivity index (χ2n) is 2.19. The molecule has 0 rings (SSSR count). The molecule has 0 N–H and O–H groups in total. The van der Waals surface area contributed by atoms with Crippen molar-refractivity contribution in [3.05, 3.63) is 0 Å². The van der Waals surface area contributed by atoms with Gasteiger partial charge in [0.1, 0.15) is 0 Å². The normalized spacial score (nSPS) is 14.1. The van der Waals surface area contributed by atoms with Crippen LogP contribution < -0.4 is 0 Å². The van der Waals surface area contributed by atoms with Crippen LogP contribution in [0.3, 0.4) is 0 Å². The molecule has 14 heavy (non-hydrogen) atoms. The van der Waals surface area contributed by atoms with E-state index in [9.17, 15) is 26.4 Å². The van der Waals surface area contributed by atoms with E-state index >= 15 is 0 Å². The van der Waals surface area contributed by atoms with E-state index in [4.69, 9.17) is 0 Å². The van der Waals surface area contributed by atoms with Crippen LogP contribution in [0.25, 0.3) is 0 Å². The lowest BCUT2D eigenvalue weighted by Crippen LogP contribution is -2.28. The molecule has 9 heteroatoms. The van der Waals surface area contributed by atoms with E-state index in [0.29, 0.717) is 0 Å². The lowest BCUT2D eigenvalue weighted by atomic mass is 10.4. The van der Waals surface area contributed by atoms with Crippen molar-refractivity contribution in [3.63, 3.8) is 0 Å². The van der Waals surface area contributed by atoms with E-state index in [-0.39, 0.29) is 0 Å². The van der Waals surface area contributed by atoms with E-state index < -0.39 is 35.8 Å². The van der Waals surface area contributed by atoms with Gasteiger partial charge in [-0.25, -0.2) is 13.2 Å². The first kappa shape index (κ1) is 13.2. The summed E-state index contributed by atoms with van der Waals surface area (Å²) in [5.41, 5.74) is 0. The first-order chi connectivity index (χ1) is 6.22. The molecule has 0 fully saturated rings. The molecule has 0 saturated heterocycles. The number of carbonyl (C=O) groups excluding carboxylic acids is 1. The SMILES string of the molecule is CC(O[SH](=O)=O)C(=O)OCC(F)(F)F. The molecular weight excluding hydrogens is 229 g/mol. The quantitative estimate of drug-likeness (QED) is 0.550. The highest BCUT2D eigenvalue weighted by Crippen LogP contribution is 2.14. The fourth-order valence-electron chi connectivity index (χ4n) is 0.442. The Bertz CT molecular complexity index is 263. The molecule has 0 radical (unpaired) electrons. The van der Waals surface area contributed by atoms with Crippen molar-refractivity contribution >= 4 is 17.0 Å². The van der Waals surface area contributed by atoms with Gasteiger partial charge in [0.25, 0.3) is 11.0 Å². The van der Waals surface area contributed by atoms with Gasteiger partial charge in [-0.15, -0.1) is 0 Å². The fraction of sp³-hybridized carbons (Fsp3) is 0.800. The largest absolute Gasteiger partial charge is 0.454 e. The third-order valence-electron chi connectivity index (χ3n) is 0.954. The van der Waals surface area contributed by atoms with Crippen molar-refractivity contribution < 1.29 is 35.3 Å². The molecule has 1 atom stereocenters. The Morgan fingerprint density at radius 1 is 1.43 bits per heavy atom. The van der Waals surface area contributed by atoms with E-state index in [1.807, 2.05) is 0 Å². The van der Waals surface area contributed by atoms with E-state index in [0.717, 1.165) is 6.92 Å². The van der Waals surface area contributed by atoms with Crippen LogP contribution in [0, 0.1) is 0 Å². The number of hydrogen-bond donors (Lipinski definition) is 1. The van der Waals surface area contributed by atoms with Crippen molar-refractivity contribution in [3.8, 4) is 0 Å². The van der Waals surface area contributed by atoms with Gasteiger partial charge in [0.2, 0.25) is 0 Å². The minimum Gasteiger partial charge on any atom is -0.454 e. The summed E-state index contributed by atoms with van der Waals surface area (Å²) in [4.78, 5) is 10.6. The van der Waals surface area contributed by atoms with Crippen LogP contribution in [-0.4, -0.2) is 33.3 Å². The minimum atomic E-state index is -4.64. The first-order valence-electron chi connectivity index (χ1n) is 3.27. The highest BCUT2D eigenvalue weighted by molar-refractivity contribution is 7.67. The molecule has 0 aliphatic rings. The summed E-state index contributed by atoms with van der Waals surface area (Å²) in [5, 5.41) is 0. The molecular formula is C5H7F3O5S. The van der Waals surface area contributed by atoms with Gasteiger partial charge in [0.15, 0.2) is 12.7 Å². The summed E-state index contributed by atoms with van der Waals surface area (Å²) in [5.74, 6) is -1.39. The number of carbonyl (C=O) groups is 1. The highest BCUT2D eigenvalue weighted by atomic mass is 32.2. The number of ether oxygens (including phenoxy) is 1. The standard InChI is InChI=1S/C5H7F3O5S/c1-3(13-14(10)11)4(9)12-2-5(6,7)8/h3,14H,2H2,1H3. The number of alkyl halides is 3. The summed E-state index contributed by atoms with van der Waals surface area (Å²) in [7, 11) is -3.29. The van der Waals surface area contributed by atoms with Crippen LogP contribution in [0.5, 0.6) is 0 Å². The van der Waals surface area contributed by atoms with E-state index in [1.165, 1.54) is 0 Å². The molecule has 0 spiro atoms. The molecule has 0 aliphatic carbocycles. The number of rotatable bonds is 4. The predicted molar refractivity (Wildman–Crippen MR) is 37.9 cm³/mol. The van der Waals surface area contributed by atoms with Gasteiger partial charge in [-0.3, -0.25) is 4.18 Å². The molecule has 0 amide bonds. The molecule has 0 aromatic heterocycles. The van der Waals surface area contributed by atoms with E-state index in [1.54, 1.807) is 0 Å². The maximum Gasteiger partial charge on any atom is 0.422 e. The fourth-order valence-corrected chi connectivity index (χ4v) is 0.787. The molecule has 0 aromatic rings. The van der Waals surface area contributed by atoms with Crippen molar-refractivity contribution in [2.75, 3.05) is 6.61 Å². The molecule has 84 valence electrons. The van der Waals surface area contributed by atoms with Gasteiger partial charge in [0.05, 0.1) is 0 Å². The number of hydrogen-bond acceptors (Lipinski definition) is 5. The topological polar surface area (TPSA) is 69.7 Å². The van der Waals surface area contributed by atoms with Crippen LogP contribution in [0.15, 0.2) is 0 Å². The highest BCUT2D eigenvalue weighted by Gasteiger charge is 2.31. The lowest BCUT2D eigenvalue weighted by molar-refractivity contribution is -0.190. The number of thiol groups is 1. The summed E-state index contributed by atoms with van der Waals surface area (Å²) in [6.07, 6.45) is -6.21. The Morgan fingerprint density at radius 2 is 1.93 bits per heavy atom. The third kappa shape index (κ3) is 6.66. The average molecular weight is 236 g/mol. The summed E-state index contributed by atoms with van der Waals surface area (Å²) < 4.78 is 61.9. The lowest BCUT2D eigenvalue weighted by Gasteiger charge is -2.10. The maximum atomic E-state index is 11.5. The molecule has 1 unspecified atom stereocenters. The van der Waals surface area contributed by atoms with Gasteiger partial charge < -0.3 is 4.74 Å². The monoisotopic (exact) mass is 236 g/mol. The molecule has 0 bridgehead atoms. The molecule has 0 aliphatic heterocycles. The maximum absolute atomic E-state index is 11.5. The van der Waals surface area contributed by atoms with Crippen molar-refractivity contribution in [2.45, 2.75) is 19.2 Å². The van der Waals surface area contributed by atoms with Crippen LogP contribution in [0.1, 0.15) is 6.92 Å². The zero-order valence-corrected chi connectivity index (χ0v) is 7.80. The van der Waals surface area contributed by atoms with Gasteiger partial charge in [-0.05, 0) is 6.92 Å². The Morgan fingerprint density at radius 3 is 2.29 bits per heavy atom. The van der Waals surface area contributed by atoms with Gasteiger partial charge in [-0.2, -0.15) is 13.2 Å². The minimum absolute atomic E-state index is 0.962. The second-order valence-corrected chi connectivity index (χ2v) is 2.85. The van der Waals surface area contributed by atoms with Gasteiger partial charge >= 0.3 is 12.1 Å².